The van der Waals surface area contributed by atoms with E-state index in [2.05, 4.69) is 25.5 Å². The Morgan fingerprint density at radius 3 is 2.43 bits per heavy atom. The minimum absolute atomic E-state index is 0.0621. The van der Waals surface area contributed by atoms with Crippen LogP contribution in [0.4, 0.5) is 24.7 Å². The van der Waals surface area contributed by atoms with Gasteiger partial charge in [0, 0.05) is 35.3 Å². The molecule has 14 heteroatoms. The number of halogens is 3. The zero-order valence-corrected chi connectivity index (χ0v) is 23.7. The Bertz CT molecular complexity index is 1630. The first kappa shape index (κ1) is 30.1. The molecule has 0 bridgehead atoms. The van der Waals surface area contributed by atoms with Gasteiger partial charge in [0.25, 0.3) is 0 Å². The lowest BCUT2D eigenvalue weighted by Gasteiger charge is -2.25. The second-order valence-electron chi connectivity index (χ2n) is 10.3. The Labute approximate surface area is 239 Å². The van der Waals surface area contributed by atoms with E-state index in [1.807, 2.05) is 6.92 Å². The number of hydrogen-bond acceptors (Lipinski definition) is 9. The summed E-state index contributed by atoms with van der Waals surface area (Å²) in [6.07, 6.45) is -4.15. The van der Waals surface area contributed by atoms with Crippen molar-refractivity contribution >= 4 is 34.3 Å². The molecule has 0 saturated carbocycles. The molecule has 0 aliphatic heterocycles. The maximum atomic E-state index is 12.9. The van der Waals surface area contributed by atoms with Crippen LogP contribution in [0.15, 0.2) is 48.8 Å². The van der Waals surface area contributed by atoms with E-state index >= 15 is 0 Å². The van der Waals surface area contributed by atoms with Crippen molar-refractivity contribution in [1.29, 1.82) is 0 Å². The van der Waals surface area contributed by atoms with Gasteiger partial charge in [-0.3, -0.25) is 9.48 Å². The maximum Gasteiger partial charge on any atom is 0.491 e. The lowest BCUT2D eigenvalue weighted by Crippen LogP contribution is -2.50. The number of amides is 1. The second-order valence-corrected chi connectivity index (χ2v) is 10.3. The van der Waals surface area contributed by atoms with Crippen LogP contribution < -0.4 is 20.1 Å². The zero-order chi connectivity index (χ0) is 30.8. The topological polar surface area (TPSA) is 129 Å². The van der Waals surface area contributed by atoms with E-state index in [4.69, 9.17) is 14.5 Å². The SMILES string of the molecule is COc1ccc2nc(-c3cccc(OC(OC(=O)C(F)(F)F)C(=O)NC(C)(C)C)c3)nc(Nc3cnn(C)c3)c2c1C. The molecule has 0 spiro atoms. The normalized spacial score (nSPS) is 12.5. The van der Waals surface area contributed by atoms with Crippen molar-refractivity contribution in [2.45, 2.75) is 45.7 Å². The van der Waals surface area contributed by atoms with Crippen LogP contribution in [0.1, 0.15) is 26.3 Å². The van der Waals surface area contributed by atoms with Crippen LogP contribution in [0, 0.1) is 6.92 Å². The van der Waals surface area contributed by atoms with Crippen LogP contribution in [-0.2, 0) is 21.4 Å². The fourth-order valence-electron chi connectivity index (χ4n) is 3.99. The van der Waals surface area contributed by atoms with E-state index in [-0.39, 0.29) is 11.6 Å². The van der Waals surface area contributed by atoms with Gasteiger partial charge in [0.05, 0.1) is 24.5 Å². The van der Waals surface area contributed by atoms with Gasteiger partial charge in [-0.15, -0.1) is 0 Å². The van der Waals surface area contributed by atoms with E-state index in [1.54, 1.807) is 70.2 Å². The number of carbonyl (C=O) groups is 2. The van der Waals surface area contributed by atoms with Gasteiger partial charge in [0.2, 0.25) is 0 Å². The third-order valence-corrected chi connectivity index (χ3v) is 5.75. The number of methoxy groups -OCH3 is 1. The average Bonchev–Trinajstić information content (AvgIpc) is 3.31. The monoisotopic (exact) mass is 586 g/mol. The van der Waals surface area contributed by atoms with Gasteiger partial charge in [-0.1, -0.05) is 12.1 Å². The molecule has 2 aromatic heterocycles. The number of rotatable bonds is 8. The number of anilines is 2. The van der Waals surface area contributed by atoms with Crippen molar-refractivity contribution in [2.24, 2.45) is 7.05 Å². The fraction of sp³-hybridized carbons (Fsp3) is 0.321. The summed E-state index contributed by atoms with van der Waals surface area (Å²) in [6, 6.07) is 9.55. The fourth-order valence-corrected chi connectivity index (χ4v) is 3.99. The molecule has 1 atom stereocenters. The van der Waals surface area contributed by atoms with E-state index < -0.39 is 29.9 Å². The molecule has 0 aliphatic carbocycles. The molecular weight excluding hydrogens is 557 g/mol. The highest BCUT2D eigenvalue weighted by Gasteiger charge is 2.44. The van der Waals surface area contributed by atoms with E-state index in [0.29, 0.717) is 33.7 Å². The van der Waals surface area contributed by atoms with Crippen LogP contribution >= 0.6 is 0 Å². The third-order valence-electron chi connectivity index (χ3n) is 5.75. The Morgan fingerprint density at radius 1 is 1.07 bits per heavy atom. The summed E-state index contributed by atoms with van der Waals surface area (Å²) >= 11 is 0. The number of alkyl halides is 3. The van der Waals surface area contributed by atoms with Gasteiger partial charge in [0.1, 0.15) is 17.3 Å². The molecule has 2 heterocycles. The molecule has 11 nitrogen and oxygen atoms in total. The Hall–Kier alpha value is -4.88. The molecule has 2 aromatic carbocycles. The van der Waals surface area contributed by atoms with Gasteiger partial charge in [0.15, 0.2) is 5.82 Å². The molecular formula is C28H29F3N6O5. The number of fused-ring (bicyclic) bond motifs is 1. The van der Waals surface area contributed by atoms with Gasteiger partial charge in [-0.05, 0) is 52.0 Å². The van der Waals surface area contributed by atoms with Crippen molar-refractivity contribution in [3.63, 3.8) is 0 Å². The molecule has 0 radical (unpaired) electrons. The number of ether oxygens (including phenoxy) is 3. The number of benzene rings is 2. The molecule has 42 heavy (non-hydrogen) atoms. The molecule has 0 fully saturated rings. The standard InChI is InChI=1S/C28H29F3N6O5/c1-15-20(40-6)11-10-19-21(15)23(33-17-13-32-37(5)14-17)35-22(34-19)16-8-7-9-18(12-16)41-25(24(38)36-27(2,3)4)42-26(39)28(29,30)31/h7-14,25H,1-6H3,(H,36,38)(H,33,34,35). The molecule has 0 aliphatic rings. The van der Waals surface area contributed by atoms with Gasteiger partial charge in [-0.25, -0.2) is 14.8 Å². The molecule has 4 rings (SSSR count). The Kier molecular flexibility index (Phi) is 8.27. The van der Waals surface area contributed by atoms with Crippen molar-refractivity contribution in [3.8, 4) is 22.9 Å². The van der Waals surface area contributed by atoms with E-state index in [0.717, 1.165) is 5.56 Å². The lowest BCUT2D eigenvalue weighted by atomic mass is 10.1. The van der Waals surface area contributed by atoms with Crippen molar-refractivity contribution < 1.29 is 37.0 Å². The summed E-state index contributed by atoms with van der Waals surface area (Å²) in [5.74, 6) is -2.37. The first-order chi connectivity index (χ1) is 19.6. The van der Waals surface area contributed by atoms with Crippen LogP contribution in [0.25, 0.3) is 22.3 Å². The molecule has 1 unspecified atom stereocenters. The van der Waals surface area contributed by atoms with Gasteiger partial charge in [-0.2, -0.15) is 18.3 Å². The second kappa shape index (κ2) is 11.5. The summed E-state index contributed by atoms with van der Waals surface area (Å²) in [5.41, 5.74) is 1.61. The van der Waals surface area contributed by atoms with Crippen LogP contribution in [0.2, 0.25) is 0 Å². The maximum absolute atomic E-state index is 12.9. The van der Waals surface area contributed by atoms with Crippen molar-refractivity contribution in [3.05, 3.63) is 54.4 Å². The number of aromatic nitrogens is 4. The van der Waals surface area contributed by atoms with Gasteiger partial charge < -0.3 is 24.8 Å². The van der Waals surface area contributed by atoms with Crippen molar-refractivity contribution in [2.75, 3.05) is 12.4 Å². The lowest BCUT2D eigenvalue weighted by molar-refractivity contribution is -0.216. The predicted octanol–water partition coefficient (Wildman–Crippen LogP) is 4.82. The number of nitrogens with one attached hydrogen (secondary N) is 2. The van der Waals surface area contributed by atoms with E-state index in [9.17, 15) is 22.8 Å². The Balaban J connectivity index is 1.74. The molecule has 222 valence electrons. The summed E-state index contributed by atoms with van der Waals surface area (Å²) in [6.45, 7) is 6.71. The molecule has 2 N–H and O–H groups in total. The average molecular weight is 587 g/mol. The highest BCUT2D eigenvalue weighted by Crippen LogP contribution is 2.34. The predicted molar refractivity (Wildman–Crippen MR) is 147 cm³/mol. The summed E-state index contributed by atoms with van der Waals surface area (Å²) in [7, 11) is 3.33. The quantitative estimate of drug-likeness (QED) is 0.221. The van der Waals surface area contributed by atoms with Gasteiger partial charge >= 0.3 is 24.3 Å². The van der Waals surface area contributed by atoms with Crippen LogP contribution in [0.3, 0.4) is 0 Å². The number of hydrogen-bond donors (Lipinski definition) is 2. The largest absolute Gasteiger partial charge is 0.496 e. The zero-order valence-electron chi connectivity index (χ0n) is 23.7. The number of nitrogens with zero attached hydrogens (tertiary/aromatic N) is 4. The number of carbonyl (C=O) groups excluding carboxylic acids is 2. The third kappa shape index (κ3) is 7.06. The van der Waals surface area contributed by atoms with Crippen LogP contribution in [-0.4, -0.2) is 56.7 Å². The molecule has 4 aromatic rings. The minimum Gasteiger partial charge on any atom is -0.496 e. The molecule has 0 saturated heterocycles. The smallest absolute Gasteiger partial charge is 0.491 e. The first-order valence-electron chi connectivity index (χ1n) is 12.6. The summed E-state index contributed by atoms with van der Waals surface area (Å²) < 4.78 is 55.8. The number of esters is 1. The summed E-state index contributed by atoms with van der Waals surface area (Å²) in [5, 5.41) is 10.6. The highest BCUT2D eigenvalue weighted by molar-refractivity contribution is 5.96. The highest BCUT2D eigenvalue weighted by atomic mass is 19.4. The minimum atomic E-state index is -5.33. The Morgan fingerprint density at radius 2 is 1.81 bits per heavy atom. The number of aryl methyl sites for hydroxylation is 2. The molecule has 1 amide bonds. The van der Waals surface area contributed by atoms with Crippen LogP contribution in [0.5, 0.6) is 11.5 Å². The first-order valence-corrected chi connectivity index (χ1v) is 12.6. The van der Waals surface area contributed by atoms with Crippen molar-refractivity contribution in [1.82, 2.24) is 25.1 Å². The van der Waals surface area contributed by atoms with E-state index in [1.165, 1.54) is 18.2 Å². The summed E-state index contributed by atoms with van der Waals surface area (Å²) in [4.78, 5) is 33.7.